The quantitative estimate of drug-likeness (QED) is 0.701. The van der Waals surface area contributed by atoms with Crippen molar-refractivity contribution in [2.24, 2.45) is 0 Å². The molecule has 7 heteroatoms. The number of rotatable bonds is 6. The molecule has 2 heterocycles. The van der Waals surface area contributed by atoms with E-state index in [1.54, 1.807) is 25.4 Å². The topological polar surface area (TPSA) is 52.0 Å². The molecule has 0 unspecified atom stereocenters. The Kier molecular flexibility index (Phi) is 4.78. The van der Waals surface area contributed by atoms with Gasteiger partial charge in [-0.15, -0.1) is 0 Å². The SMILES string of the molecule is CCn1c(CNSc2ccc(F)cc2)nc2cnc(OC)cc21. The highest BCUT2D eigenvalue weighted by Gasteiger charge is 2.11. The van der Waals surface area contributed by atoms with Crippen LogP contribution in [0.2, 0.25) is 0 Å². The molecule has 0 aliphatic heterocycles. The zero-order valence-electron chi connectivity index (χ0n) is 12.9. The lowest BCUT2D eigenvalue weighted by Gasteiger charge is -2.07. The van der Waals surface area contributed by atoms with E-state index in [9.17, 15) is 4.39 Å². The maximum Gasteiger partial charge on any atom is 0.215 e. The predicted octanol–water partition coefficient (Wildman–Crippen LogP) is 3.40. The van der Waals surface area contributed by atoms with Crippen LogP contribution in [0.5, 0.6) is 5.88 Å². The van der Waals surface area contributed by atoms with Crippen molar-refractivity contribution in [1.29, 1.82) is 0 Å². The fourth-order valence-electron chi connectivity index (χ4n) is 2.35. The molecule has 0 atom stereocenters. The van der Waals surface area contributed by atoms with E-state index < -0.39 is 0 Å². The second-order valence-electron chi connectivity index (χ2n) is 4.86. The van der Waals surface area contributed by atoms with E-state index >= 15 is 0 Å². The number of nitrogens with zero attached hydrogens (tertiary/aromatic N) is 3. The van der Waals surface area contributed by atoms with Crippen molar-refractivity contribution in [3.63, 3.8) is 0 Å². The molecule has 1 N–H and O–H groups in total. The fourth-order valence-corrected chi connectivity index (χ4v) is 2.99. The summed E-state index contributed by atoms with van der Waals surface area (Å²) in [6.07, 6.45) is 1.72. The summed E-state index contributed by atoms with van der Waals surface area (Å²) in [5.74, 6) is 1.27. The van der Waals surface area contributed by atoms with E-state index in [2.05, 4.69) is 26.2 Å². The minimum atomic E-state index is -0.233. The molecule has 0 saturated carbocycles. The van der Waals surface area contributed by atoms with Gasteiger partial charge in [-0.25, -0.2) is 14.4 Å². The fraction of sp³-hybridized carbons (Fsp3) is 0.250. The number of methoxy groups -OCH3 is 1. The van der Waals surface area contributed by atoms with Gasteiger partial charge in [0.05, 0.1) is 25.4 Å². The van der Waals surface area contributed by atoms with Gasteiger partial charge in [-0.2, -0.15) is 0 Å². The van der Waals surface area contributed by atoms with Crippen molar-refractivity contribution in [2.75, 3.05) is 7.11 Å². The van der Waals surface area contributed by atoms with Crippen molar-refractivity contribution in [1.82, 2.24) is 19.3 Å². The summed E-state index contributed by atoms with van der Waals surface area (Å²) in [6, 6.07) is 8.27. The van der Waals surface area contributed by atoms with Crippen LogP contribution < -0.4 is 9.46 Å². The first kappa shape index (κ1) is 15.8. The smallest absolute Gasteiger partial charge is 0.215 e. The first-order valence-corrected chi connectivity index (χ1v) is 8.07. The minimum absolute atomic E-state index is 0.233. The van der Waals surface area contributed by atoms with Gasteiger partial charge in [-0.3, -0.25) is 4.72 Å². The highest BCUT2D eigenvalue weighted by molar-refractivity contribution is 7.97. The van der Waals surface area contributed by atoms with Gasteiger partial charge in [0.15, 0.2) is 0 Å². The maximum atomic E-state index is 12.9. The first-order chi connectivity index (χ1) is 11.2. The van der Waals surface area contributed by atoms with Crippen LogP contribution in [-0.4, -0.2) is 21.6 Å². The molecule has 0 amide bonds. The van der Waals surface area contributed by atoms with Crippen LogP contribution in [0.3, 0.4) is 0 Å². The molecule has 2 aromatic heterocycles. The number of halogens is 1. The molecule has 0 bridgehead atoms. The Balaban J connectivity index is 1.75. The van der Waals surface area contributed by atoms with Crippen LogP contribution in [0.1, 0.15) is 12.7 Å². The average Bonchev–Trinajstić information content (AvgIpc) is 2.93. The van der Waals surface area contributed by atoms with Crippen LogP contribution in [0.15, 0.2) is 41.4 Å². The lowest BCUT2D eigenvalue weighted by Crippen LogP contribution is -2.10. The summed E-state index contributed by atoms with van der Waals surface area (Å²) < 4.78 is 23.5. The molecule has 0 saturated heterocycles. The van der Waals surface area contributed by atoms with Crippen molar-refractivity contribution in [3.8, 4) is 5.88 Å². The van der Waals surface area contributed by atoms with Crippen molar-refractivity contribution in [3.05, 3.63) is 48.2 Å². The van der Waals surface area contributed by atoms with E-state index in [1.807, 2.05) is 6.07 Å². The maximum absolute atomic E-state index is 12.9. The molecule has 0 aliphatic rings. The number of aromatic nitrogens is 3. The normalized spacial score (nSPS) is 11.1. The van der Waals surface area contributed by atoms with Crippen molar-refractivity contribution < 1.29 is 9.13 Å². The van der Waals surface area contributed by atoms with Gasteiger partial charge in [0.2, 0.25) is 5.88 Å². The molecule has 0 fully saturated rings. The average molecular weight is 332 g/mol. The van der Waals surface area contributed by atoms with Gasteiger partial charge in [-0.1, -0.05) is 0 Å². The summed E-state index contributed by atoms with van der Waals surface area (Å²) in [5.41, 5.74) is 1.85. The third kappa shape index (κ3) is 3.46. The summed E-state index contributed by atoms with van der Waals surface area (Å²) in [5, 5.41) is 0. The van der Waals surface area contributed by atoms with Crippen LogP contribution >= 0.6 is 11.9 Å². The molecule has 1 aromatic carbocycles. The number of aryl methyl sites for hydroxylation is 1. The monoisotopic (exact) mass is 332 g/mol. The molecule has 0 radical (unpaired) electrons. The summed E-state index contributed by atoms with van der Waals surface area (Å²) in [7, 11) is 1.60. The van der Waals surface area contributed by atoms with Gasteiger partial charge < -0.3 is 9.30 Å². The number of hydrogen-bond acceptors (Lipinski definition) is 5. The molecule has 5 nitrogen and oxygen atoms in total. The Labute approximate surface area is 138 Å². The molecular weight excluding hydrogens is 315 g/mol. The van der Waals surface area contributed by atoms with Gasteiger partial charge in [-0.05, 0) is 43.1 Å². The Morgan fingerprint density at radius 2 is 2.09 bits per heavy atom. The van der Waals surface area contributed by atoms with E-state index in [4.69, 9.17) is 4.74 Å². The summed E-state index contributed by atoms with van der Waals surface area (Å²) in [4.78, 5) is 9.76. The Hall–Kier alpha value is -2.12. The zero-order chi connectivity index (χ0) is 16.2. The largest absolute Gasteiger partial charge is 0.481 e. The van der Waals surface area contributed by atoms with Crippen LogP contribution in [-0.2, 0) is 13.1 Å². The minimum Gasteiger partial charge on any atom is -0.481 e. The third-order valence-electron chi connectivity index (χ3n) is 3.45. The highest BCUT2D eigenvalue weighted by Crippen LogP contribution is 2.21. The Morgan fingerprint density at radius 3 is 2.78 bits per heavy atom. The van der Waals surface area contributed by atoms with Gasteiger partial charge in [0.25, 0.3) is 0 Å². The van der Waals surface area contributed by atoms with E-state index in [0.717, 1.165) is 28.3 Å². The lowest BCUT2D eigenvalue weighted by atomic mass is 10.4. The number of benzene rings is 1. The standard InChI is InChI=1S/C16H17FN4OS/c1-3-21-14-8-16(22-2)18-9-13(14)20-15(21)10-19-23-12-6-4-11(17)5-7-12/h4-9,19H,3,10H2,1-2H3. The second-order valence-corrected chi connectivity index (χ2v) is 5.83. The molecule has 3 rings (SSSR count). The highest BCUT2D eigenvalue weighted by atomic mass is 32.2. The van der Waals surface area contributed by atoms with Crippen LogP contribution in [0, 0.1) is 5.82 Å². The number of hydrogen-bond donors (Lipinski definition) is 1. The number of imidazole rings is 1. The van der Waals surface area contributed by atoms with Crippen molar-refractivity contribution >= 4 is 23.0 Å². The van der Waals surface area contributed by atoms with Crippen LogP contribution in [0.4, 0.5) is 4.39 Å². The van der Waals surface area contributed by atoms with E-state index in [0.29, 0.717) is 12.4 Å². The summed E-state index contributed by atoms with van der Waals surface area (Å²) >= 11 is 1.45. The number of ether oxygens (including phenoxy) is 1. The van der Waals surface area contributed by atoms with Crippen molar-refractivity contribution in [2.45, 2.75) is 24.9 Å². The molecule has 3 aromatic rings. The van der Waals surface area contributed by atoms with E-state index in [-0.39, 0.29) is 5.82 Å². The third-order valence-corrected chi connectivity index (χ3v) is 4.24. The molecular formula is C16H17FN4OS. The Morgan fingerprint density at radius 1 is 1.30 bits per heavy atom. The van der Waals surface area contributed by atoms with Gasteiger partial charge >= 0.3 is 0 Å². The molecule has 23 heavy (non-hydrogen) atoms. The number of pyridine rings is 1. The Bertz CT molecular complexity index is 804. The summed E-state index contributed by atoms with van der Waals surface area (Å²) in [6.45, 7) is 3.47. The second kappa shape index (κ2) is 6.97. The lowest BCUT2D eigenvalue weighted by molar-refractivity contribution is 0.398. The van der Waals surface area contributed by atoms with Gasteiger partial charge in [0, 0.05) is 17.5 Å². The molecule has 0 aliphatic carbocycles. The molecule has 120 valence electrons. The number of fused-ring (bicyclic) bond motifs is 1. The van der Waals surface area contributed by atoms with E-state index in [1.165, 1.54) is 24.1 Å². The molecule has 0 spiro atoms. The zero-order valence-corrected chi connectivity index (χ0v) is 13.7. The predicted molar refractivity (Wildman–Crippen MR) is 88.9 cm³/mol. The van der Waals surface area contributed by atoms with Crippen LogP contribution in [0.25, 0.3) is 11.0 Å². The number of nitrogens with one attached hydrogen (secondary N) is 1. The van der Waals surface area contributed by atoms with Gasteiger partial charge in [0.1, 0.15) is 17.2 Å². The first-order valence-electron chi connectivity index (χ1n) is 7.25.